The van der Waals surface area contributed by atoms with E-state index in [1.165, 1.54) is 70.8 Å². The van der Waals surface area contributed by atoms with E-state index in [0.717, 1.165) is 61.4 Å². The molecule has 0 spiro atoms. The molecule has 0 fully saturated rings. The molecular formula is C66H42N2O. The second kappa shape index (κ2) is 15.7. The van der Waals surface area contributed by atoms with Crippen molar-refractivity contribution in [3.63, 3.8) is 0 Å². The molecule has 2 heterocycles. The molecule has 3 nitrogen and oxygen atoms in total. The van der Waals surface area contributed by atoms with Crippen molar-refractivity contribution in [3.8, 4) is 39.1 Å². The van der Waals surface area contributed by atoms with E-state index in [-0.39, 0.29) is 0 Å². The van der Waals surface area contributed by atoms with Crippen molar-refractivity contribution >= 4 is 93.1 Å². The Bertz CT molecular complexity index is 4260. The largest absolute Gasteiger partial charge is 0.456 e. The molecule has 0 amide bonds. The van der Waals surface area contributed by atoms with Crippen LogP contribution in [0.25, 0.3) is 115 Å². The van der Waals surface area contributed by atoms with Crippen LogP contribution in [-0.4, -0.2) is 4.57 Å². The predicted octanol–water partition coefficient (Wildman–Crippen LogP) is 18.6. The fourth-order valence-electron chi connectivity index (χ4n) is 11.0. The zero-order chi connectivity index (χ0) is 45.4. The summed E-state index contributed by atoms with van der Waals surface area (Å²) in [4.78, 5) is 2.41. The van der Waals surface area contributed by atoms with E-state index in [4.69, 9.17) is 4.42 Å². The van der Waals surface area contributed by atoms with E-state index >= 15 is 0 Å². The maximum absolute atomic E-state index is 6.63. The minimum absolute atomic E-state index is 0.873. The molecule has 69 heavy (non-hydrogen) atoms. The summed E-state index contributed by atoms with van der Waals surface area (Å²) in [5.41, 5.74) is 15.4. The number of fused-ring (bicyclic) bond motifs is 10. The van der Waals surface area contributed by atoms with Crippen LogP contribution in [-0.2, 0) is 0 Å². The molecule has 3 heteroatoms. The monoisotopic (exact) mass is 878 g/mol. The van der Waals surface area contributed by atoms with Gasteiger partial charge in [-0.3, -0.25) is 0 Å². The van der Waals surface area contributed by atoms with Crippen molar-refractivity contribution in [3.05, 3.63) is 255 Å². The number of aromatic nitrogens is 1. The summed E-state index contributed by atoms with van der Waals surface area (Å²) in [5, 5.41) is 12.1. The lowest BCUT2D eigenvalue weighted by atomic mass is 9.94. The fraction of sp³-hybridized carbons (Fsp3) is 0. The minimum atomic E-state index is 0.873. The Morgan fingerprint density at radius 3 is 1.58 bits per heavy atom. The van der Waals surface area contributed by atoms with Gasteiger partial charge in [0.15, 0.2) is 0 Å². The van der Waals surface area contributed by atoms with Gasteiger partial charge in [0, 0.05) is 44.0 Å². The van der Waals surface area contributed by atoms with Crippen molar-refractivity contribution in [2.45, 2.75) is 0 Å². The van der Waals surface area contributed by atoms with E-state index < -0.39 is 0 Å². The van der Waals surface area contributed by atoms with E-state index in [0.29, 0.717) is 0 Å². The standard InChI is InChI=1S/C66H42N2O/c1-2-17-47-42-65-59(41-46(47)16-1)66-58(25-14-30-64(66)69-65)57-22-8-10-27-61(57)67(48-36-31-44(32-37-48)51-23-13-24-53-50-18-4-3-15-43(50)35-40-54(51)53)49-38-33-45(34-39-49)52-19-5-9-26-60(52)68-62-28-11-6-20-55(62)56-21-7-12-29-63(56)68/h1-42H. The number of anilines is 3. The summed E-state index contributed by atoms with van der Waals surface area (Å²) in [5.74, 6) is 0. The lowest BCUT2D eigenvalue weighted by Gasteiger charge is -2.28. The van der Waals surface area contributed by atoms with Crippen molar-refractivity contribution in [2.24, 2.45) is 0 Å². The van der Waals surface area contributed by atoms with Gasteiger partial charge in [0.2, 0.25) is 0 Å². The lowest BCUT2D eigenvalue weighted by molar-refractivity contribution is 0.669. The van der Waals surface area contributed by atoms with Gasteiger partial charge in [-0.2, -0.15) is 0 Å². The molecule has 14 aromatic rings. The molecule has 0 atom stereocenters. The molecule has 0 aliphatic heterocycles. The van der Waals surface area contributed by atoms with Crippen molar-refractivity contribution < 1.29 is 4.42 Å². The lowest BCUT2D eigenvalue weighted by Crippen LogP contribution is -2.11. The van der Waals surface area contributed by atoms with Gasteiger partial charge in [0.25, 0.3) is 0 Å². The summed E-state index contributed by atoms with van der Waals surface area (Å²) in [6.07, 6.45) is 0. The number of benzene rings is 12. The summed E-state index contributed by atoms with van der Waals surface area (Å²) in [6.45, 7) is 0. The van der Waals surface area contributed by atoms with Gasteiger partial charge in [0.05, 0.1) is 22.4 Å². The average Bonchev–Trinajstić information content (AvgIpc) is 3.96. The van der Waals surface area contributed by atoms with Crippen LogP contribution in [0, 0.1) is 0 Å². The van der Waals surface area contributed by atoms with Gasteiger partial charge >= 0.3 is 0 Å². The van der Waals surface area contributed by atoms with E-state index in [1.54, 1.807) is 0 Å². The highest BCUT2D eigenvalue weighted by atomic mass is 16.3. The summed E-state index contributed by atoms with van der Waals surface area (Å²) in [7, 11) is 0. The first-order chi connectivity index (χ1) is 34.2. The Morgan fingerprint density at radius 1 is 0.304 bits per heavy atom. The number of furan rings is 1. The molecule has 2 aromatic heterocycles. The van der Waals surface area contributed by atoms with Gasteiger partial charge in [-0.1, -0.05) is 188 Å². The van der Waals surface area contributed by atoms with E-state index in [1.807, 2.05) is 0 Å². The third-order valence-electron chi connectivity index (χ3n) is 14.2. The smallest absolute Gasteiger partial charge is 0.136 e. The zero-order valence-electron chi connectivity index (χ0n) is 37.6. The maximum Gasteiger partial charge on any atom is 0.136 e. The average molecular weight is 879 g/mol. The van der Waals surface area contributed by atoms with Crippen LogP contribution in [0.5, 0.6) is 0 Å². The van der Waals surface area contributed by atoms with E-state index in [2.05, 4.69) is 264 Å². The summed E-state index contributed by atoms with van der Waals surface area (Å²) < 4.78 is 9.04. The van der Waals surface area contributed by atoms with Gasteiger partial charge in [-0.25, -0.2) is 0 Å². The Morgan fingerprint density at radius 2 is 0.841 bits per heavy atom. The Balaban J connectivity index is 0.937. The molecule has 0 radical (unpaired) electrons. The summed E-state index contributed by atoms with van der Waals surface area (Å²) in [6, 6.07) is 92.5. The quantitative estimate of drug-likeness (QED) is 0.149. The van der Waals surface area contributed by atoms with Gasteiger partial charge in [-0.05, 0) is 121 Å². The SMILES string of the molecule is c1ccc(N(c2ccc(-c3ccccc3-n3c4ccccc4c4ccccc43)cc2)c2ccc(-c3cccc4c3ccc3ccccc34)cc2)c(-c2cccc3oc4cc5ccccc5cc4c23)c1. The maximum atomic E-state index is 6.63. The van der Waals surface area contributed by atoms with Crippen LogP contribution >= 0.6 is 0 Å². The molecule has 14 rings (SSSR count). The zero-order valence-corrected chi connectivity index (χ0v) is 37.6. The number of hydrogen-bond donors (Lipinski definition) is 0. The second-order valence-corrected chi connectivity index (χ2v) is 18.0. The van der Waals surface area contributed by atoms with Crippen LogP contribution < -0.4 is 4.90 Å². The molecular weight excluding hydrogens is 837 g/mol. The van der Waals surface area contributed by atoms with Crippen molar-refractivity contribution in [1.82, 2.24) is 4.57 Å². The molecule has 0 saturated heterocycles. The van der Waals surface area contributed by atoms with Gasteiger partial charge in [0.1, 0.15) is 11.2 Å². The fourth-order valence-corrected chi connectivity index (χ4v) is 11.0. The highest BCUT2D eigenvalue weighted by Gasteiger charge is 2.22. The Kier molecular flexibility index (Phi) is 8.90. The minimum Gasteiger partial charge on any atom is -0.456 e. The molecule has 0 aliphatic rings. The number of rotatable bonds is 7. The highest BCUT2D eigenvalue weighted by molar-refractivity contribution is 6.17. The molecule has 0 aliphatic carbocycles. The van der Waals surface area contributed by atoms with E-state index in [9.17, 15) is 0 Å². The van der Waals surface area contributed by atoms with Crippen molar-refractivity contribution in [1.29, 1.82) is 0 Å². The number of hydrogen-bond acceptors (Lipinski definition) is 2. The van der Waals surface area contributed by atoms with Crippen molar-refractivity contribution in [2.75, 3.05) is 4.90 Å². The first kappa shape index (κ1) is 39.0. The topological polar surface area (TPSA) is 21.3 Å². The normalized spacial score (nSPS) is 11.8. The highest BCUT2D eigenvalue weighted by Crippen LogP contribution is 2.47. The Labute approximate surface area is 399 Å². The number of nitrogens with zero attached hydrogens (tertiary/aromatic N) is 2. The number of para-hydroxylation sites is 4. The van der Waals surface area contributed by atoms with Crippen LogP contribution in [0.15, 0.2) is 259 Å². The molecule has 12 aromatic carbocycles. The predicted molar refractivity (Wildman–Crippen MR) is 292 cm³/mol. The van der Waals surface area contributed by atoms with Gasteiger partial charge in [-0.15, -0.1) is 0 Å². The van der Waals surface area contributed by atoms with Crippen LogP contribution in [0.1, 0.15) is 0 Å². The molecule has 0 bridgehead atoms. The van der Waals surface area contributed by atoms with Crippen LogP contribution in [0.4, 0.5) is 17.1 Å². The third kappa shape index (κ3) is 6.29. The van der Waals surface area contributed by atoms with Crippen LogP contribution in [0.3, 0.4) is 0 Å². The first-order valence-corrected chi connectivity index (χ1v) is 23.7. The molecule has 0 unspecified atom stereocenters. The third-order valence-corrected chi connectivity index (χ3v) is 14.2. The summed E-state index contributed by atoms with van der Waals surface area (Å²) >= 11 is 0. The molecule has 0 saturated carbocycles. The molecule has 322 valence electrons. The Hall–Kier alpha value is -9.18. The van der Waals surface area contributed by atoms with Gasteiger partial charge < -0.3 is 13.9 Å². The molecule has 0 N–H and O–H groups in total. The first-order valence-electron chi connectivity index (χ1n) is 23.7. The van der Waals surface area contributed by atoms with Crippen LogP contribution in [0.2, 0.25) is 0 Å². The second-order valence-electron chi connectivity index (χ2n) is 18.0.